The number of hydrogen-bond donors (Lipinski definition) is 2. The molecule has 9 heteroatoms. The lowest BCUT2D eigenvalue weighted by atomic mass is 10.2. The Hall–Kier alpha value is -2.16. The molecule has 0 amide bonds. The summed E-state index contributed by atoms with van der Waals surface area (Å²) in [5.41, 5.74) is 2.11. The average Bonchev–Trinajstić information content (AvgIpc) is 3.08. The molecule has 0 aliphatic rings. The standard InChI is InChI=1S/C15H18F3N5S.C5H12.C2H6/c1-5-6-10-9(3)24-13(22-10)11-8(2)21-14(23-12(11)19-4)20-7-15(16,17)18;1-3-5-4-2;1-2/h5-6H,7H2,1-4H3,(H2,19,20,21,23);3-5H2,1-2H3;1-2H3/b6-5-;;. The normalized spacial score (nSPS) is 10.8. The van der Waals surface area contributed by atoms with E-state index in [0.29, 0.717) is 17.1 Å². The summed E-state index contributed by atoms with van der Waals surface area (Å²) in [6, 6.07) is 0. The number of hydrogen-bond acceptors (Lipinski definition) is 6. The van der Waals surface area contributed by atoms with Crippen molar-refractivity contribution in [3.8, 4) is 10.6 Å². The van der Waals surface area contributed by atoms with Crippen molar-refractivity contribution < 1.29 is 13.2 Å². The molecule has 2 aromatic rings. The van der Waals surface area contributed by atoms with Crippen LogP contribution < -0.4 is 10.6 Å². The Bertz CT molecular complexity index is 799. The first-order chi connectivity index (χ1) is 14.7. The molecule has 0 aromatic carbocycles. The Balaban J connectivity index is 0.00000113. The Morgan fingerprint density at radius 1 is 1.03 bits per heavy atom. The second-order valence-electron chi connectivity index (χ2n) is 6.39. The maximum atomic E-state index is 12.3. The summed E-state index contributed by atoms with van der Waals surface area (Å²) >= 11 is 1.49. The van der Waals surface area contributed by atoms with Gasteiger partial charge in [-0.1, -0.05) is 53.0 Å². The summed E-state index contributed by atoms with van der Waals surface area (Å²) in [6.45, 7) is 12.8. The van der Waals surface area contributed by atoms with Gasteiger partial charge in [-0.25, -0.2) is 9.97 Å². The molecule has 0 spiro atoms. The predicted octanol–water partition coefficient (Wildman–Crippen LogP) is 7.49. The predicted molar refractivity (Wildman–Crippen MR) is 128 cm³/mol. The SMILES string of the molecule is C/C=C\c1nc(-c2c(C)nc(NCC(F)(F)F)nc2NC)sc1C.CC.CCCCC. The first-order valence-electron chi connectivity index (χ1n) is 10.6. The average molecular weight is 460 g/mol. The van der Waals surface area contributed by atoms with Crippen LogP contribution in [0.1, 0.15) is 70.1 Å². The first-order valence-corrected chi connectivity index (χ1v) is 11.5. The minimum atomic E-state index is -4.33. The zero-order valence-corrected chi connectivity index (χ0v) is 20.7. The van der Waals surface area contributed by atoms with Crippen molar-refractivity contribution in [1.82, 2.24) is 15.0 Å². The van der Waals surface area contributed by atoms with E-state index in [1.165, 1.54) is 30.6 Å². The Morgan fingerprint density at radius 3 is 2.10 bits per heavy atom. The van der Waals surface area contributed by atoms with Crippen molar-refractivity contribution >= 4 is 29.2 Å². The maximum absolute atomic E-state index is 12.3. The highest BCUT2D eigenvalue weighted by Crippen LogP contribution is 2.35. The lowest BCUT2D eigenvalue weighted by molar-refractivity contribution is -0.115. The minimum Gasteiger partial charge on any atom is -0.372 e. The van der Waals surface area contributed by atoms with Crippen LogP contribution in [-0.2, 0) is 0 Å². The molecule has 0 saturated carbocycles. The molecule has 0 bridgehead atoms. The van der Waals surface area contributed by atoms with E-state index >= 15 is 0 Å². The van der Waals surface area contributed by atoms with Gasteiger partial charge in [0.1, 0.15) is 17.4 Å². The van der Waals surface area contributed by atoms with Gasteiger partial charge in [0.05, 0.1) is 17.0 Å². The van der Waals surface area contributed by atoms with Crippen LogP contribution in [0.15, 0.2) is 6.08 Å². The van der Waals surface area contributed by atoms with Crippen molar-refractivity contribution in [2.45, 2.75) is 73.9 Å². The lowest BCUT2D eigenvalue weighted by Crippen LogP contribution is -2.22. The van der Waals surface area contributed by atoms with Crippen LogP contribution in [0.2, 0.25) is 0 Å². The molecular formula is C22H36F3N5S. The van der Waals surface area contributed by atoms with E-state index in [0.717, 1.165) is 15.6 Å². The van der Waals surface area contributed by atoms with Crippen molar-refractivity contribution in [2.24, 2.45) is 0 Å². The summed E-state index contributed by atoms with van der Waals surface area (Å²) in [7, 11) is 1.66. The van der Waals surface area contributed by atoms with Gasteiger partial charge in [0.2, 0.25) is 5.95 Å². The second-order valence-corrected chi connectivity index (χ2v) is 7.59. The molecule has 0 saturated heterocycles. The third-order valence-electron chi connectivity index (χ3n) is 3.85. The fourth-order valence-electron chi connectivity index (χ4n) is 2.45. The fourth-order valence-corrected chi connectivity index (χ4v) is 3.45. The largest absolute Gasteiger partial charge is 0.405 e. The lowest BCUT2D eigenvalue weighted by Gasteiger charge is -2.13. The Morgan fingerprint density at radius 2 is 1.65 bits per heavy atom. The van der Waals surface area contributed by atoms with Gasteiger partial charge in [0.15, 0.2) is 0 Å². The van der Waals surface area contributed by atoms with E-state index in [-0.39, 0.29) is 5.95 Å². The molecule has 2 heterocycles. The van der Waals surface area contributed by atoms with E-state index in [4.69, 9.17) is 0 Å². The molecule has 31 heavy (non-hydrogen) atoms. The summed E-state index contributed by atoms with van der Waals surface area (Å²) < 4.78 is 37.0. The van der Waals surface area contributed by atoms with Crippen LogP contribution >= 0.6 is 11.3 Å². The van der Waals surface area contributed by atoms with Gasteiger partial charge >= 0.3 is 6.18 Å². The van der Waals surface area contributed by atoms with Gasteiger partial charge in [-0.15, -0.1) is 11.3 Å². The monoisotopic (exact) mass is 459 g/mol. The van der Waals surface area contributed by atoms with Crippen LogP contribution in [0.3, 0.4) is 0 Å². The number of unbranched alkanes of at least 4 members (excludes halogenated alkanes) is 2. The van der Waals surface area contributed by atoms with Gasteiger partial charge in [-0.05, 0) is 26.8 Å². The van der Waals surface area contributed by atoms with E-state index in [1.54, 1.807) is 14.0 Å². The highest BCUT2D eigenvalue weighted by molar-refractivity contribution is 7.15. The van der Waals surface area contributed by atoms with Crippen molar-refractivity contribution in [1.29, 1.82) is 0 Å². The quantitative estimate of drug-likeness (QED) is 0.449. The molecule has 2 rings (SSSR count). The van der Waals surface area contributed by atoms with Crippen LogP contribution in [0.25, 0.3) is 16.6 Å². The van der Waals surface area contributed by atoms with Gasteiger partial charge in [-0.3, -0.25) is 0 Å². The van der Waals surface area contributed by atoms with Crippen LogP contribution in [0, 0.1) is 13.8 Å². The molecule has 0 radical (unpaired) electrons. The number of nitrogens with zero attached hydrogens (tertiary/aromatic N) is 3. The van der Waals surface area contributed by atoms with Crippen LogP contribution in [0.4, 0.5) is 24.9 Å². The second kappa shape index (κ2) is 14.8. The van der Waals surface area contributed by atoms with Crippen molar-refractivity contribution in [3.05, 3.63) is 22.3 Å². The van der Waals surface area contributed by atoms with E-state index in [2.05, 4.69) is 39.4 Å². The highest BCUT2D eigenvalue weighted by atomic mass is 32.1. The number of aromatic nitrogens is 3. The van der Waals surface area contributed by atoms with Gasteiger partial charge in [-0.2, -0.15) is 18.2 Å². The summed E-state index contributed by atoms with van der Waals surface area (Å²) in [5, 5.41) is 5.84. The van der Waals surface area contributed by atoms with Crippen LogP contribution in [-0.4, -0.2) is 34.7 Å². The van der Waals surface area contributed by atoms with Gasteiger partial charge in [0, 0.05) is 11.9 Å². The maximum Gasteiger partial charge on any atom is 0.405 e. The number of rotatable bonds is 7. The number of allylic oxidation sites excluding steroid dienone is 1. The molecule has 2 N–H and O–H groups in total. The zero-order chi connectivity index (χ0) is 24.0. The van der Waals surface area contributed by atoms with E-state index < -0.39 is 12.7 Å². The number of thiazole rings is 1. The summed E-state index contributed by atoms with van der Waals surface area (Å²) in [6.07, 6.45) is 3.55. The number of nitrogens with one attached hydrogen (secondary N) is 2. The van der Waals surface area contributed by atoms with Gasteiger partial charge in [0.25, 0.3) is 0 Å². The number of aryl methyl sites for hydroxylation is 2. The van der Waals surface area contributed by atoms with Crippen molar-refractivity contribution in [3.63, 3.8) is 0 Å². The van der Waals surface area contributed by atoms with E-state index in [9.17, 15) is 13.2 Å². The minimum absolute atomic E-state index is 0.0696. The van der Waals surface area contributed by atoms with Crippen molar-refractivity contribution in [2.75, 3.05) is 24.2 Å². The number of alkyl halides is 3. The zero-order valence-electron chi connectivity index (χ0n) is 19.9. The smallest absolute Gasteiger partial charge is 0.372 e. The molecule has 0 fully saturated rings. The summed E-state index contributed by atoms with van der Waals surface area (Å²) in [4.78, 5) is 13.9. The topological polar surface area (TPSA) is 62.7 Å². The summed E-state index contributed by atoms with van der Waals surface area (Å²) in [5.74, 6) is 0.368. The molecule has 0 aliphatic carbocycles. The number of halogens is 3. The van der Waals surface area contributed by atoms with E-state index in [1.807, 2.05) is 39.8 Å². The molecule has 0 aliphatic heterocycles. The highest BCUT2D eigenvalue weighted by Gasteiger charge is 2.27. The molecule has 2 aromatic heterocycles. The number of anilines is 2. The third kappa shape index (κ3) is 10.1. The molecule has 0 atom stereocenters. The fraction of sp³-hybridized carbons (Fsp3) is 0.591. The van der Waals surface area contributed by atoms with Gasteiger partial charge < -0.3 is 10.6 Å². The molecular weight excluding hydrogens is 423 g/mol. The molecule has 5 nitrogen and oxygen atoms in total. The Kier molecular flexibility index (Phi) is 13.7. The third-order valence-corrected chi connectivity index (χ3v) is 4.86. The Labute approximate surface area is 188 Å². The molecule has 176 valence electrons. The molecule has 0 unspecified atom stereocenters. The van der Waals surface area contributed by atoms with Crippen LogP contribution in [0.5, 0.6) is 0 Å². The first kappa shape index (κ1) is 28.8.